The van der Waals surface area contributed by atoms with E-state index in [4.69, 9.17) is 4.84 Å². The van der Waals surface area contributed by atoms with Gasteiger partial charge in [-0.25, -0.2) is 8.42 Å². The van der Waals surface area contributed by atoms with Gasteiger partial charge in [0.2, 0.25) is 0 Å². The fourth-order valence-electron chi connectivity index (χ4n) is 2.25. The van der Waals surface area contributed by atoms with Gasteiger partial charge in [-0.2, -0.15) is 0 Å². The lowest BCUT2D eigenvalue weighted by atomic mass is 10.2. The number of hydroxylamine groups is 1. The Balaban J connectivity index is 2.03. The lowest BCUT2D eigenvalue weighted by Gasteiger charge is -2.14. The summed E-state index contributed by atoms with van der Waals surface area (Å²) in [6.45, 7) is 3.94. The molecule has 2 amide bonds. The zero-order chi connectivity index (χ0) is 20.2. The Kier molecular flexibility index (Phi) is 6.71. The number of aryl methyl sites for hydroxylation is 2. The Hall–Kier alpha value is -2.27. The molecule has 8 nitrogen and oxygen atoms in total. The molecule has 0 aliphatic rings. The van der Waals surface area contributed by atoms with Crippen LogP contribution in [0.5, 0.6) is 0 Å². The number of hydrogen-bond acceptors (Lipinski definition) is 6. The van der Waals surface area contributed by atoms with Crippen molar-refractivity contribution in [2.75, 3.05) is 14.2 Å². The van der Waals surface area contributed by atoms with E-state index in [9.17, 15) is 18.0 Å². The first-order valence-electron chi connectivity index (χ1n) is 8.03. The van der Waals surface area contributed by atoms with Crippen LogP contribution in [0.25, 0.3) is 0 Å². The van der Waals surface area contributed by atoms with Crippen molar-refractivity contribution >= 4 is 33.2 Å². The number of hydrazine groups is 1. The summed E-state index contributed by atoms with van der Waals surface area (Å²) in [7, 11) is -1.28. The standard InChI is InChI=1S/C17H21N3O5S2/c1-5-14-11(2)10-15(26-14)17(22)19-18-16(21)12-6-8-13(9-7-12)27(23,24)20(3)25-4/h6-10H,5H2,1-4H3,(H,18,21)(H,19,22). The first-order chi connectivity index (χ1) is 12.7. The SMILES string of the molecule is CCc1sc(C(=O)NNC(=O)c2ccc(S(=O)(=O)N(C)OC)cc2)cc1C. The quantitative estimate of drug-likeness (QED) is 0.706. The van der Waals surface area contributed by atoms with Crippen LogP contribution in [0.3, 0.4) is 0 Å². The summed E-state index contributed by atoms with van der Waals surface area (Å²) in [5.74, 6) is -0.964. The number of carbonyl (C=O) groups excluding carboxylic acids is 2. The summed E-state index contributed by atoms with van der Waals surface area (Å²) in [5.41, 5.74) is 5.92. The molecule has 2 rings (SSSR count). The summed E-state index contributed by atoms with van der Waals surface area (Å²) in [6.07, 6.45) is 0.837. The Morgan fingerprint density at radius 3 is 2.26 bits per heavy atom. The molecule has 0 unspecified atom stereocenters. The molecule has 10 heteroatoms. The van der Waals surface area contributed by atoms with Gasteiger partial charge in [0.15, 0.2) is 0 Å². The average molecular weight is 412 g/mol. The van der Waals surface area contributed by atoms with Crippen molar-refractivity contribution in [2.24, 2.45) is 0 Å². The molecule has 0 aliphatic carbocycles. The normalized spacial score (nSPS) is 11.4. The number of nitrogens with zero attached hydrogens (tertiary/aromatic N) is 1. The summed E-state index contributed by atoms with van der Waals surface area (Å²) in [5, 5.41) is 0. The van der Waals surface area contributed by atoms with E-state index in [0.717, 1.165) is 21.3 Å². The maximum Gasteiger partial charge on any atom is 0.279 e. The summed E-state index contributed by atoms with van der Waals surface area (Å²) in [6, 6.07) is 7.05. The van der Waals surface area contributed by atoms with Gasteiger partial charge >= 0.3 is 0 Å². The molecule has 146 valence electrons. The molecule has 0 saturated heterocycles. The van der Waals surface area contributed by atoms with Gasteiger partial charge in [-0.1, -0.05) is 11.4 Å². The second kappa shape index (κ2) is 8.61. The Bertz CT molecular complexity index is 936. The van der Waals surface area contributed by atoms with Crippen LogP contribution < -0.4 is 10.9 Å². The molecule has 0 radical (unpaired) electrons. The Morgan fingerprint density at radius 2 is 1.74 bits per heavy atom. The van der Waals surface area contributed by atoms with Crippen LogP contribution in [-0.2, 0) is 21.3 Å². The van der Waals surface area contributed by atoms with Crippen LogP contribution in [0.1, 0.15) is 37.4 Å². The minimum absolute atomic E-state index is 0.0198. The highest BCUT2D eigenvalue weighted by Crippen LogP contribution is 2.22. The average Bonchev–Trinajstić information content (AvgIpc) is 3.05. The van der Waals surface area contributed by atoms with Crippen LogP contribution in [0.4, 0.5) is 0 Å². The minimum Gasteiger partial charge on any atom is -0.288 e. The second-order valence-electron chi connectivity index (χ2n) is 5.60. The van der Waals surface area contributed by atoms with Crippen LogP contribution >= 0.6 is 11.3 Å². The fraction of sp³-hybridized carbons (Fsp3) is 0.294. The van der Waals surface area contributed by atoms with Crippen molar-refractivity contribution in [1.82, 2.24) is 15.3 Å². The zero-order valence-corrected chi connectivity index (χ0v) is 17.0. The number of sulfonamides is 1. The minimum atomic E-state index is -3.79. The molecule has 1 aromatic carbocycles. The number of hydrogen-bond donors (Lipinski definition) is 2. The van der Waals surface area contributed by atoms with Gasteiger partial charge in [0, 0.05) is 17.5 Å². The largest absolute Gasteiger partial charge is 0.288 e. The molecular weight excluding hydrogens is 390 g/mol. The van der Waals surface area contributed by atoms with Gasteiger partial charge in [-0.05, 0) is 49.2 Å². The molecule has 0 fully saturated rings. The van der Waals surface area contributed by atoms with Crippen molar-refractivity contribution in [3.63, 3.8) is 0 Å². The van der Waals surface area contributed by atoms with Gasteiger partial charge in [-0.15, -0.1) is 11.3 Å². The van der Waals surface area contributed by atoms with Crippen molar-refractivity contribution in [3.8, 4) is 0 Å². The number of benzene rings is 1. The fourth-order valence-corrected chi connectivity index (χ4v) is 4.24. The maximum absolute atomic E-state index is 12.2. The van der Waals surface area contributed by atoms with E-state index in [-0.39, 0.29) is 10.5 Å². The highest BCUT2D eigenvalue weighted by atomic mass is 32.2. The lowest BCUT2D eigenvalue weighted by Crippen LogP contribution is -2.41. The zero-order valence-electron chi connectivity index (χ0n) is 15.4. The second-order valence-corrected chi connectivity index (χ2v) is 8.67. The smallest absolute Gasteiger partial charge is 0.279 e. The molecular formula is C17H21N3O5S2. The van der Waals surface area contributed by atoms with E-state index in [0.29, 0.717) is 4.88 Å². The predicted molar refractivity (Wildman–Crippen MR) is 102 cm³/mol. The lowest BCUT2D eigenvalue weighted by molar-refractivity contribution is -0.0258. The molecule has 27 heavy (non-hydrogen) atoms. The summed E-state index contributed by atoms with van der Waals surface area (Å²) >= 11 is 1.38. The van der Waals surface area contributed by atoms with Gasteiger partial charge in [-0.3, -0.25) is 25.3 Å². The van der Waals surface area contributed by atoms with Crippen LogP contribution in [0, 0.1) is 6.92 Å². The van der Waals surface area contributed by atoms with E-state index in [1.165, 1.54) is 49.8 Å². The maximum atomic E-state index is 12.2. The van der Waals surface area contributed by atoms with E-state index < -0.39 is 21.8 Å². The van der Waals surface area contributed by atoms with Crippen LogP contribution in [-0.4, -0.2) is 38.9 Å². The van der Waals surface area contributed by atoms with Crippen molar-refractivity contribution in [2.45, 2.75) is 25.2 Å². The van der Waals surface area contributed by atoms with E-state index >= 15 is 0 Å². The highest BCUT2D eigenvalue weighted by Gasteiger charge is 2.21. The molecule has 1 heterocycles. The number of nitrogens with one attached hydrogen (secondary N) is 2. The summed E-state index contributed by atoms with van der Waals surface area (Å²) < 4.78 is 24.9. The van der Waals surface area contributed by atoms with E-state index in [2.05, 4.69) is 10.9 Å². The number of amides is 2. The third-order valence-electron chi connectivity index (χ3n) is 3.87. The molecule has 2 aromatic rings. The van der Waals surface area contributed by atoms with Gasteiger partial charge in [0.1, 0.15) is 0 Å². The number of carbonyl (C=O) groups is 2. The Morgan fingerprint density at radius 1 is 1.15 bits per heavy atom. The van der Waals surface area contributed by atoms with Crippen molar-refractivity contribution in [1.29, 1.82) is 0 Å². The predicted octanol–water partition coefficient (Wildman–Crippen LogP) is 1.88. The molecule has 1 aromatic heterocycles. The topological polar surface area (TPSA) is 105 Å². The van der Waals surface area contributed by atoms with E-state index in [1.54, 1.807) is 6.07 Å². The van der Waals surface area contributed by atoms with E-state index in [1.807, 2.05) is 13.8 Å². The Labute approximate surface area is 162 Å². The first kappa shape index (κ1) is 21.0. The van der Waals surface area contributed by atoms with Gasteiger partial charge in [0.25, 0.3) is 21.8 Å². The monoisotopic (exact) mass is 411 g/mol. The molecule has 2 N–H and O–H groups in total. The first-order valence-corrected chi connectivity index (χ1v) is 10.3. The van der Waals surface area contributed by atoms with Crippen molar-refractivity contribution in [3.05, 3.63) is 51.2 Å². The number of rotatable bonds is 6. The van der Waals surface area contributed by atoms with Gasteiger partial charge in [0.05, 0.1) is 16.9 Å². The van der Waals surface area contributed by atoms with Gasteiger partial charge < -0.3 is 0 Å². The van der Waals surface area contributed by atoms with Crippen LogP contribution in [0.2, 0.25) is 0 Å². The third kappa shape index (κ3) is 4.72. The van der Waals surface area contributed by atoms with Crippen molar-refractivity contribution < 1.29 is 22.8 Å². The molecule has 0 bridgehead atoms. The van der Waals surface area contributed by atoms with Crippen LogP contribution in [0.15, 0.2) is 35.2 Å². The molecule has 0 saturated carbocycles. The number of thiophene rings is 1. The molecule has 0 spiro atoms. The molecule has 0 aliphatic heterocycles. The third-order valence-corrected chi connectivity index (χ3v) is 6.94. The molecule has 0 atom stereocenters. The summed E-state index contributed by atoms with van der Waals surface area (Å²) in [4.78, 5) is 30.6. The highest BCUT2D eigenvalue weighted by molar-refractivity contribution is 7.89.